The Morgan fingerprint density at radius 1 is 1.20 bits per heavy atom. The summed E-state index contributed by atoms with van der Waals surface area (Å²) in [5.41, 5.74) is 4.05. The molecule has 1 amide bonds. The minimum absolute atomic E-state index is 0.0172. The summed E-state index contributed by atoms with van der Waals surface area (Å²) < 4.78 is 0. The Hall–Kier alpha value is -1.35. The van der Waals surface area contributed by atoms with Gasteiger partial charge in [-0.2, -0.15) is 0 Å². The number of aliphatic hydroxyl groups is 1. The minimum Gasteiger partial charge on any atom is -0.396 e. The monoisotopic (exact) mass is 275 g/mol. The number of aryl methyl sites for hydroxylation is 3. The summed E-state index contributed by atoms with van der Waals surface area (Å²) in [4.78, 5) is 12.4. The van der Waals surface area contributed by atoms with Crippen molar-refractivity contribution >= 4 is 5.91 Å². The number of hydrogen-bond acceptors (Lipinski definition) is 2. The van der Waals surface area contributed by atoms with Gasteiger partial charge in [-0.05, 0) is 56.6 Å². The molecule has 0 bridgehead atoms. The molecule has 0 aliphatic heterocycles. The van der Waals surface area contributed by atoms with Crippen LogP contribution in [0, 0.1) is 32.6 Å². The Labute approximate surface area is 121 Å². The molecule has 0 saturated heterocycles. The van der Waals surface area contributed by atoms with E-state index in [1.165, 1.54) is 5.56 Å². The van der Waals surface area contributed by atoms with Crippen LogP contribution in [0.15, 0.2) is 12.1 Å². The third-order valence-corrected chi connectivity index (χ3v) is 4.48. The molecule has 1 aliphatic rings. The molecule has 1 aromatic rings. The molecule has 1 aliphatic carbocycles. The molecule has 2 N–H and O–H groups in total. The van der Waals surface area contributed by atoms with E-state index < -0.39 is 0 Å². The number of rotatable bonds is 4. The summed E-state index contributed by atoms with van der Waals surface area (Å²) in [5.74, 6) is 0.800. The van der Waals surface area contributed by atoms with Gasteiger partial charge in [0.25, 0.3) is 5.91 Å². The van der Waals surface area contributed by atoms with Crippen molar-refractivity contribution in [3.8, 4) is 0 Å². The van der Waals surface area contributed by atoms with Crippen molar-refractivity contribution < 1.29 is 9.90 Å². The quantitative estimate of drug-likeness (QED) is 0.887. The second-order valence-electron chi connectivity index (χ2n) is 6.12. The molecule has 1 aromatic carbocycles. The van der Waals surface area contributed by atoms with Gasteiger partial charge in [0.05, 0.1) is 0 Å². The number of benzene rings is 1. The summed E-state index contributed by atoms with van der Waals surface area (Å²) in [6, 6.07) is 4.10. The van der Waals surface area contributed by atoms with E-state index in [1.54, 1.807) is 0 Å². The smallest absolute Gasteiger partial charge is 0.251 e. The van der Waals surface area contributed by atoms with Gasteiger partial charge >= 0.3 is 0 Å². The molecule has 0 heterocycles. The zero-order valence-electron chi connectivity index (χ0n) is 12.7. The van der Waals surface area contributed by atoms with E-state index >= 15 is 0 Å². The van der Waals surface area contributed by atoms with Crippen molar-refractivity contribution in [2.45, 2.75) is 40.0 Å². The molecule has 3 heteroatoms. The first-order chi connectivity index (χ1) is 9.52. The van der Waals surface area contributed by atoms with Gasteiger partial charge < -0.3 is 10.4 Å². The van der Waals surface area contributed by atoms with Gasteiger partial charge in [-0.1, -0.05) is 24.1 Å². The lowest BCUT2D eigenvalue weighted by Crippen LogP contribution is -2.32. The largest absolute Gasteiger partial charge is 0.396 e. The highest BCUT2D eigenvalue weighted by Crippen LogP contribution is 2.30. The van der Waals surface area contributed by atoms with Crippen LogP contribution in [0.5, 0.6) is 0 Å². The van der Waals surface area contributed by atoms with Gasteiger partial charge in [-0.15, -0.1) is 0 Å². The first kappa shape index (κ1) is 15.0. The van der Waals surface area contributed by atoms with Crippen LogP contribution in [0.3, 0.4) is 0 Å². The van der Waals surface area contributed by atoms with Crippen LogP contribution in [0.2, 0.25) is 0 Å². The lowest BCUT2D eigenvalue weighted by molar-refractivity contribution is 0.0936. The van der Waals surface area contributed by atoms with Crippen LogP contribution in [-0.4, -0.2) is 24.2 Å². The third-order valence-electron chi connectivity index (χ3n) is 4.48. The number of carbonyl (C=O) groups excluding carboxylic acids is 1. The van der Waals surface area contributed by atoms with Gasteiger partial charge in [0.15, 0.2) is 0 Å². The molecule has 20 heavy (non-hydrogen) atoms. The van der Waals surface area contributed by atoms with E-state index in [0.29, 0.717) is 18.4 Å². The Morgan fingerprint density at radius 2 is 1.80 bits per heavy atom. The lowest BCUT2D eigenvalue weighted by Gasteiger charge is -2.19. The summed E-state index contributed by atoms with van der Waals surface area (Å²) in [6.45, 7) is 6.94. The van der Waals surface area contributed by atoms with E-state index in [-0.39, 0.29) is 12.5 Å². The van der Waals surface area contributed by atoms with Crippen LogP contribution in [0.1, 0.15) is 46.3 Å². The van der Waals surface area contributed by atoms with Crippen LogP contribution in [0.25, 0.3) is 0 Å². The molecule has 1 fully saturated rings. The number of hydrogen-bond donors (Lipinski definition) is 2. The second kappa shape index (κ2) is 6.40. The topological polar surface area (TPSA) is 49.3 Å². The maximum atomic E-state index is 12.4. The average molecular weight is 275 g/mol. The predicted octanol–water partition coefficient (Wildman–Crippen LogP) is 2.75. The molecule has 3 nitrogen and oxygen atoms in total. The first-order valence-electron chi connectivity index (χ1n) is 7.49. The van der Waals surface area contributed by atoms with Crippen LogP contribution in [-0.2, 0) is 0 Å². The molecule has 1 saturated carbocycles. The zero-order chi connectivity index (χ0) is 14.7. The number of carbonyl (C=O) groups is 1. The van der Waals surface area contributed by atoms with Gasteiger partial charge in [0, 0.05) is 18.7 Å². The molecule has 2 unspecified atom stereocenters. The maximum absolute atomic E-state index is 12.4. The highest BCUT2D eigenvalue weighted by atomic mass is 16.3. The SMILES string of the molecule is Cc1cc(C)c(C(=O)NCC2CCCC2CO)c(C)c1. The van der Waals surface area contributed by atoms with E-state index in [9.17, 15) is 9.90 Å². The molecule has 0 spiro atoms. The van der Waals surface area contributed by atoms with Crippen molar-refractivity contribution in [3.63, 3.8) is 0 Å². The molecule has 110 valence electrons. The Kier molecular flexibility index (Phi) is 4.81. The number of nitrogens with one attached hydrogen (secondary N) is 1. The first-order valence-corrected chi connectivity index (χ1v) is 7.49. The minimum atomic E-state index is 0.0172. The van der Waals surface area contributed by atoms with Crippen molar-refractivity contribution in [1.82, 2.24) is 5.32 Å². The number of amides is 1. The van der Waals surface area contributed by atoms with E-state index in [1.807, 2.05) is 32.9 Å². The summed E-state index contributed by atoms with van der Waals surface area (Å²) >= 11 is 0. The highest BCUT2D eigenvalue weighted by molar-refractivity contribution is 5.97. The molecule has 2 atom stereocenters. The van der Waals surface area contributed by atoms with E-state index in [0.717, 1.165) is 36.0 Å². The van der Waals surface area contributed by atoms with Gasteiger partial charge in [-0.3, -0.25) is 4.79 Å². The Morgan fingerprint density at radius 3 is 2.40 bits per heavy atom. The third kappa shape index (κ3) is 3.21. The van der Waals surface area contributed by atoms with Crippen molar-refractivity contribution in [2.75, 3.05) is 13.2 Å². The number of aliphatic hydroxyl groups excluding tert-OH is 1. The summed E-state index contributed by atoms with van der Waals surface area (Å²) in [6.07, 6.45) is 3.35. The fraction of sp³-hybridized carbons (Fsp3) is 0.588. The highest BCUT2D eigenvalue weighted by Gasteiger charge is 2.27. The Bertz CT molecular complexity index is 473. The second-order valence-corrected chi connectivity index (χ2v) is 6.12. The average Bonchev–Trinajstić information content (AvgIpc) is 2.82. The van der Waals surface area contributed by atoms with Gasteiger partial charge in [-0.25, -0.2) is 0 Å². The standard InChI is InChI=1S/C17H25NO2/c1-11-7-12(2)16(13(3)8-11)17(20)18-9-14-5-4-6-15(14)10-19/h7-8,14-15,19H,4-6,9-10H2,1-3H3,(H,18,20). The maximum Gasteiger partial charge on any atom is 0.251 e. The zero-order valence-corrected chi connectivity index (χ0v) is 12.7. The van der Waals surface area contributed by atoms with E-state index in [4.69, 9.17) is 0 Å². The van der Waals surface area contributed by atoms with Crippen LogP contribution < -0.4 is 5.32 Å². The normalized spacial score (nSPS) is 22.0. The predicted molar refractivity (Wildman–Crippen MR) is 80.9 cm³/mol. The van der Waals surface area contributed by atoms with Gasteiger partial charge in [0.2, 0.25) is 0 Å². The van der Waals surface area contributed by atoms with Crippen molar-refractivity contribution in [1.29, 1.82) is 0 Å². The fourth-order valence-electron chi connectivity index (χ4n) is 3.47. The van der Waals surface area contributed by atoms with Crippen LogP contribution >= 0.6 is 0 Å². The van der Waals surface area contributed by atoms with Gasteiger partial charge in [0.1, 0.15) is 0 Å². The van der Waals surface area contributed by atoms with Crippen LogP contribution in [0.4, 0.5) is 0 Å². The molecular formula is C17H25NO2. The van der Waals surface area contributed by atoms with Crippen molar-refractivity contribution in [3.05, 3.63) is 34.4 Å². The van der Waals surface area contributed by atoms with E-state index in [2.05, 4.69) is 5.32 Å². The molecule has 0 radical (unpaired) electrons. The molecular weight excluding hydrogens is 250 g/mol. The fourth-order valence-corrected chi connectivity index (χ4v) is 3.47. The molecule has 0 aromatic heterocycles. The van der Waals surface area contributed by atoms with Crippen molar-refractivity contribution in [2.24, 2.45) is 11.8 Å². The lowest BCUT2D eigenvalue weighted by atomic mass is 9.96. The summed E-state index contributed by atoms with van der Waals surface area (Å²) in [7, 11) is 0. The Balaban J connectivity index is 2.02. The molecule has 2 rings (SSSR count). The summed E-state index contributed by atoms with van der Waals surface area (Å²) in [5, 5.41) is 12.4.